The van der Waals surface area contributed by atoms with E-state index in [1.165, 1.54) is 12.8 Å². The normalized spacial score (nSPS) is 39.6. The van der Waals surface area contributed by atoms with Crippen LogP contribution < -0.4 is 0 Å². The lowest BCUT2D eigenvalue weighted by atomic mass is 9.85. The molecule has 1 rings (SSSR count). The van der Waals surface area contributed by atoms with Gasteiger partial charge in [-0.25, -0.2) is 0 Å². The Morgan fingerprint density at radius 1 is 1.20 bits per heavy atom. The van der Waals surface area contributed by atoms with Crippen LogP contribution in [-0.2, 0) is 4.74 Å². The minimum Gasteiger partial charge on any atom is -0.372 e. The third-order valence-electron chi connectivity index (χ3n) is 2.70. The Labute approximate surface area is 63.8 Å². The molecule has 2 atom stereocenters. The first-order chi connectivity index (χ1) is 4.52. The molecule has 1 heterocycles. The molecule has 1 aliphatic heterocycles. The standard InChI is InChI=1S/C9H18O/c1-7-5-6-8(2)10-9(7,3)4/h7-8H,5-6H2,1-4H3/t7-,8+/m1/s1. The summed E-state index contributed by atoms with van der Waals surface area (Å²) in [6.07, 6.45) is 3.00. The molecule has 1 heteroatoms. The van der Waals surface area contributed by atoms with E-state index in [-0.39, 0.29) is 5.60 Å². The predicted molar refractivity (Wildman–Crippen MR) is 43.0 cm³/mol. The minimum atomic E-state index is 0.109. The van der Waals surface area contributed by atoms with E-state index in [1.807, 2.05) is 0 Å². The van der Waals surface area contributed by atoms with E-state index in [1.54, 1.807) is 0 Å². The lowest BCUT2D eigenvalue weighted by Crippen LogP contribution is -2.40. The smallest absolute Gasteiger partial charge is 0.0655 e. The predicted octanol–water partition coefficient (Wildman–Crippen LogP) is 2.60. The average Bonchev–Trinajstić information content (AvgIpc) is 1.78. The number of ether oxygens (including phenoxy) is 1. The van der Waals surface area contributed by atoms with Gasteiger partial charge in [-0.2, -0.15) is 0 Å². The highest BCUT2D eigenvalue weighted by Gasteiger charge is 2.32. The Hall–Kier alpha value is -0.0400. The van der Waals surface area contributed by atoms with E-state index in [9.17, 15) is 0 Å². The van der Waals surface area contributed by atoms with Crippen molar-refractivity contribution in [3.05, 3.63) is 0 Å². The summed E-state index contributed by atoms with van der Waals surface area (Å²) in [6, 6.07) is 0. The molecular weight excluding hydrogens is 124 g/mol. The lowest BCUT2D eigenvalue weighted by molar-refractivity contribution is -0.129. The van der Waals surface area contributed by atoms with Crippen LogP contribution in [0.25, 0.3) is 0 Å². The molecule has 0 amide bonds. The second kappa shape index (κ2) is 2.54. The van der Waals surface area contributed by atoms with Gasteiger partial charge in [0.25, 0.3) is 0 Å². The zero-order valence-corrected chi connectivity index (χ0v) is 7.48. The third kappa shape index (κ3) is 1.51. The molecule has 0 aromatic heterocycles. The quantitative estimate of drug-likeness (QED) is 0.505. The van der Waals surface area contributed by atoms with Crippen LogP contribution in [0.2, 0.25) is 0 Å². The summed E-state index contributed by atoms with van der Waals surface area (Å²) >= 11 is 0. The van der Waals surface area contributed by atoms with Crippen molar-refractivity contribution in [3.8, 4) is 0 Å². The second-order valence-electron chi connectivity index (χ2n) is 4.01. The first-order valence-corrected chi connectivity index (χ1v) is 4.20. The molecule has 0 bridgehead atoms. The van der Waals surface area contributed by atoms with E-state index in [4.69, 9.17) is 4.74 Å². The maximum Gasteiger partial charge on any atom is 0.0655 e. The van der Waals surface area contributed by atoms with Crippen molar-refractivity contribution in [1.82, 2.24) is 0 Å². The van der Waals surface area contributed by atoms with Gasteiger partial charge < -0.3 is 4.74 Å². The zero-order valence-electron chi connectivity index (χ0n) is 7.48. The van der Waals surface area contributed by atoms with Gasteiger partial charge in [0.1, 0.15) is 0 Å². The van der Waals surface area contributed by atoms with Gasteiger partial charge in [0, 0.05) is 0 Å². The van der Waals surface area contributed by atoms with Crippen LogP contribution in [0.3, 0.4) is 0 Å². The second-order valence-corrected chi connectivity index (χ2v) is 4.01. The Balaban J connectivity index is 2.55. The van der Waals surface area contributed by atoms with E-state index in [0.717, 1.165) is 0 Å². The number of hydrogen-bond acceptors (Lipinski definition) is 1. The van der Waals surface area contributed by atoms with Gasteiger partial charge in [-0.15, -0.1) is 0 Å². The fourth-order valence-corrected chi connectivity index (χ4v) is 1.53. The van der Waals surface area contributed by atoms with Crippen LogP contribution in [-0.4, -0.2) is 11.7 Å². The van der Waals surface area contributed by atoms with Gasteiger partial charge in [-0.1, -0.05) is 6.92 Å². The molecule has 0 unspecified atom stereocenters. The largest absolute Gasteiger partial charge is 0.372 e. The zero-order chi connectivity index (χ0) is 7.78. The van der Waals surface area contributed by atoms with Crippen molar-refractivity contribution in [2.45, 2.75) is 52.2 Å². The van der Waals surface area contributed by atoms with Crippen LogP contribution in [0.5, 0.6) is 0 Å². The van der Waals surface area contributed by atoms with Crippen molar-refractivity contribution < 1.29 is 4.74 Å². The van der Waals surface area contributed by atoms with Crippen LogP contribution >= 0.6 is 0 Å². The van der Waals surface area contributed by atoms with Crippen LogP contribution in [0, 0.1) is 5.92 Å². The molecule has 0 aromatic rings. The van der Waals surface area contributed by atoms with Crippen LogP contribution in [0.15, 0.2) is 0 Å². The molecule has 60 valence electrons. The highest BCUT2D eigenvalue weighted by atomic mass is 16.5. The lowest BCUT2D eigenvalue weighted by Gasteiger charge is -2.40. The Morgan fingerprint density at radius 3 is 2.20 bits per heavy atom. The van der Waals surface area contributed by atoms with Crippen molar-refractivity contribution in [2.75, 3.05) is 0 Å². The maximum atomic E-state index is 5.79. The molecule has 0 radical (unpaired) electrons. The van der Waals surface area contributed by atoms with Gasteiger partial charge in [-0.3, -0.25) is 0 Å². The Bertz CT molecular complexity index is 118. The molecule has 0 N–H and O–H groups in total. The first-order valence-electron chi connectivity index (χ1n) is 4.20. The molecule has 10 heavy (non-hydrogen) atoms. The van der Waals surface area contributed by atoms with Gasteiger partial charge in [0.2, 0.25) is 0 Å². The van der Waals surface area contributed by atoms with Gasteiger partial charge >= 0.3 is 0 Å². The Kier molecular flexibility index (Phi) is 2.04. The van der Waals surface area contributed by atoms with Crippen molar-refractivity contribution >= 4 is 0 Å². The molecule has 0 aliphatic carbocycles. The highest BCUT2D eigenvalue weighted by Crippen LogP contribution is 2.32. The molecule has 0 spiro atoms. The SMILES string of the molecule is C[C@@H]1CC[C@H](C)OC1(C)C. The monoisotopic (exact) mass is 142 g/mol. The molecule has 1 fully saturated rings. The fourth-order valence-electron chi connectivity index (χ4n) is 1.53. The van der Waals surface area contributed by atoms with Gasteiger partial charge in [-0.05, 0) is 39.5 Å². The van der Waals surface area contributed by atoms with E-state index in [0.29, 0.717) is 12.0 Å². The van der Waals surface area contributed by atoms with Gasteiger partial charge in [0.05, 0.1) is 11.7 Å². The maximum absolute atomic E-state index is 5.79. The van der Waals surface area contributed by atoms with E-state index < -0.39 is 0 Å². The summed E-state index contributed by atoms with van der Waals surface area (Å²) < 4.78 is 5.79. The van der Waals surface area contributed by atoms with Gasteiger partial charge in [0.15, 0.2) is 0 Å². The number of hydrogen-bond donors (Lipinski definition) is 0. The van der Waals surface area contributed by atoms with Crippen molar-refractivity contribution in [1.29, 1.82) is 0 Å². The molecule has 0 saturated carbocycles. The molecule has 1 aliphatic rings. The van der Waals surface area contributed by atoms with Crippen LogP contribution in [0.4, 0.5) is 0 Å². The highest BCUT2D eigenvalue weighted by molar-refractivity contribution is 4.81. The van der Waals surface area contributed by atoms with Crippen molar-refractivity contribution in [2.24, 2.45) is 5.92 Å². The summed E-state index contributed by atoms with van der Waals surface area (Å²) in [6.45, 7) is 8.81. The third-order valence-corrected chi connectivity index (χ3v) is 2.70. The fraction of sp³-hybridized carbons (Fsp3) is 1.00. The van der Waals surface area contributed by atoms with E-state index in [2.05, 4.69) is 27.7 Å². The molecule has 1 nitrogen and oxygen atoms in total. The summed E-state index contributed by atoms with van der Waals surface area (Å²) in [5.74, 6) is 0.712. The summed E-state index contributed by atoms with van der Waals surface area (Å²) in [4.78, 5) is 0. The number of rotatable bonds is 0. The molecule has 1 saturated heterocycles. The molecule has 0 aromatic carbocycles. The molecular formula is C9H18O. The summed E-state index contributed by atoms with van der Waals surface area (Å²) in [5.41, 5.74) is 0.109. The minimum absolute atomic E-state index is 0.109. The summed E-state index contributed by atoms with van der Waals surface area (Å²) in [5, 5.41) is 0. The average molecular weight is 142 g/mol. The summed E-state index contributed by atoms with van der Waals surface area (Å²) in [7, 11) is 0. The topological polar surface area (TPSA) is 9.23 Å². The first kappa shape index (κ1) is 8.06. The Morgan fingerprint density at radius 2 is 1.80 bits per heavy atom. The van der Waals surface area contributed by atoms with E-state index >= 15 is 0 Å². The van der Waals surface area contributed by atoms with Crippen molar-refractivity contribution in [3.63, 3.8) is 0 Å². The van der Waals surface area contributed by atoms with Crippen LogP contribution in [0.1, 0.15) is 40.5 Å².